The second-order valence-electron chi connectivity index (χ2n) is 3.87. The number of rotatable bonds is 5. The van der Waals surface area contributed by atoms with Crippen LogP contribution >= 0.6 is 11.8 Å². The monoisotopic (exact) mass is 240 g/mol. The first-order valence-corrected chi connectivity index (χ1v) is 6.01. The van der Waals surface area contributed by atoms with Gasteiger partial charge in [-0.1, -0.05) is 25.1 Å². The van der Waals surface area contributed by atoms with Crippen LogP contribution in [0.2, 0.25) is 0 Å². The second kappa shape index (κ2) is 5.30. The Hall–Kier alpha value is -1.10. The van der Waals surface area contributed by atoms with Crippen molar-refractivity contribution in [3.63, 3.8) is 0 Å². The van der Waals surface area contributed by atoms with Gasteiger partial charge < -0.3 is 5.11 Å². The van der Waals surface area contributed by atoms with Crippen molar-refractivity contribution in [3.8, 4) is 0 Å². The van der Waals surface area contributed by atoms with E-state index in [1.165, 1.54) is 11.8 Å². The summed E-state index contributed by atoms with van der Waals surface area (Å²) >= 11 is 1.22. The molecule has 1 unspecified atom stereocenters. The van der Waals surface area contributed by atoms with E-state index in [-0.39, 0.29) is 0 Å². The maximum absolute atomic E-state index is 11.2. The smallest absolute Gasteiger partial charge is 0.319 e. The first-order chi connectivity index (χ1) is 7.48. The van der Waals surface area contributed by atoms with E-state index in [1.807, 2.05) is 13.8 Å². The Balaban J connectivity index is 2.87. The predicted molar refractivity (Wildman–Crippen MR) is 63.6 cm³/mol. The molecule has 1 aromatic rings. The van der Waals surface area contributed by atoms with Crippen LogP contribution in [-0.2, 0) is 4.79 Å². The van der Waals surface area contributed by atoms with E-state index >= 15 is 0 Å². The molecule has 0 saturated carbocycles. The number of carbonyl (C=O) groups is 1. The molecule has 1 atom stereocenters. The van der Waals surface area contributed by atoms with Gasteiger partial charge in [0.1, 0.15) is 4.75 Å². The summed E-state index contributed by atoms with van der Waals surface area (Å²) in [6, 6.07) is 1.79. The zero-order valence-electron chi connectivity index (χ0n) is 9.73. The molecule has 0 radical (unpaired) electrons. The van der Waals surface area contributed by atoms with Gasteiger partial charge >= 0.3 is 5.97 Å². The third-order valence-electron chi connectivity index (χ3n) is 2.27. The molecule has 4 nitrogen and oxygen atoms in total. The Bertz CT molecular complexity index is 384. The largest absolute Gasteiger partial charge is 0.480 e. The van der Waals surface area contributed by atoms with Crippen LogP contribution in [0.1, 0.15) is 32.4 Å². The van der Waals surface area contributed by atoms with Crippen LogP contribution in [0.25, 0.3) is 0 Å². The molecule has 88 valence electrons. The van der Waals surface area contributed by atoms with Gasteiger partial charge in [0.15, 0.2) is 5.16 Å². The molecule has 0 spiro atoms. The number of aryl methyl sites for hydroxylation is 1. The average molecular weight is 240 g/mol. The molecule has 0 bridgehead atoms. The maximum atomic E-state index is 11.2. The van der Waals surface area contributed by atoms with Gasteiger partial charge in [0.25, 0.3) is 0 Å². The Morgan fingerprint density at radius 1 is 1.62 bits per heavy atom. The lowest BCUT2D eigenvalue weighted by atomic mass is 10.1. The van der Waals surface area contributed by atoms with E-state index < -0.39 is 10.7 Å². The van der Waals surface area contributed by atoms with Crippen molar-refractivity contribution in [2.75, 3.05) is 0 Å². The molecule has 0 amide bonds. The average Bonchev–Trinajstić information content (AvgIpc) is 2.17. The van der Waals surface area contributed by atoms with Gasteiger partial charge in [-0.25, -0.2) is 9.97 Å². The van der Waals surface area contributed by atoms with Crippen LogP contribution < -0.4 is 0 Å². The molecule has 1 N–H and O–H groups in total. The highest BCUT2D eigenvalue weighted by molar-refractivity contribution is 8.01. The number of thioether (sulfide) groups is 1. The molecule has 0 aliphatic heterocycles. The summed E-state index contributed by atoms with van der Waals surface area (Å²) < 4.78 is -0.845. The molecule has 1 aromatic heterocycles. The van der Waals surface area contributed by atoms with Gasteiger partial charge in [0.05, 0.1) is 0 Å². The van der Waals surface area contributed by atoms with Gasteiger partial charge in [-0.3, -0.25) is 4.79 Å². The molecular weight excluding hydrogens is 224 g/mol. The highest BCUT2D eigenvalue weighted by Gasteiger charge is 2.34. The number of nitrogens with zero attached hydrogens (tertiary/aromatic N) is 2. The van der Waals surface area contributed by atoms with Crippen molar-refractivity contribution in [1.29, 1.82) is 0 Å². The van der Waals surface area contributed by atoms with Crippen molar-refractivity contribution in [2.24, 2.45) is 0 Å². The van der Waals surface area contributed by atoms with Gasteiger partial charge in [-0.2, -0.15) is 0 Å². The minimum absolute atomic E-state index is 0.526. The van der Waals surface area contributed by atoms with Crippen molar-refractivity contribution in [3.05, 3.63) is 18.0 Å². The van der Waals surface area contributed by atoms with E-state index in [0.29, 0.717) is 11.6 Å². The van der Waals surface area contributed by atoms with Gasteiger partial charge in [-0.15, -0.1) is 0 Å². The second-order valence-corrected chi connectivity index (χ2v) is 5.34. The van der Waals surface area contributed by atoms with Crippen molar-refractivity contribution in [1.82, 2.24) is 9.97 Å². The molecule has 16 heavy (non-hydrogen) atoms. The number of carboxylic acids is 1. The predicted octanol–water partition coefficient (Wildman–Crippen LogP) is 2.52. The summed E-state index contributed by atoms with van der Waals surface area (Å²) in [6.07, 6.45) is 3.07. The molecule has 5 heteroatoms. The van der Waals surface area contributed by atoms with Gasteiger partial charge in [-0.05, 0) is 26.3 Å². The Morgan fingerprint density at radius 2 is 2.31 bits per heavy atom. The summed E-state index contributed by atoms with van der Waals surface area (Å²) in [7, 11) is 0. The van der Waals surface area contributed by atoms with Crippen molar-refractivity contribution < 1.29 is 9.90 Å². The van der Waals surface area contributed by atoms with E-state index in [1.54, 1.807) is 19.2 Å². The van der Waals surface area contributed by atoms with Crippen LogP contribution in [0.4, 0.5) is 0 Å². The van der Waals surface area contributed by atoms with E-state index in [2.05, 4.69) is 9.97 Å². The fraction of sp³-hybridized carbons (Fsp3) is 0.545. The number of hydrogen-bond donors (Lipinski definition) is 1. The molecule has 0 fully saturated rings. The minimum atomic E-state index is -0.845. The fourth-order valence-electron chi connectivity index (χ4n) is 1.36. The molecule has 1 rings (SSSR count). The standard InChI is InChI=1S/C11H16N2O2S/c1-4-6-11(3,9(14)15)16-10-12-7-5-8(2)13-10/h5,7H,4,6H2,1-3H3,(H,14,15). The minimum Gasteiger partial charge on any atom is -0.480 e. The fourth-order valence-corrected chi connectivity index (χ4v) is 2.45. The van der Waals surface area contributed by atoms with Crippen LogP contribution in [0.15, 0.2) is 17.4 Å². The zero-order chi connectivity index (χ0) is 12.2. The van der Waals surface area contributed by atoms with Crippen LogP contribution in [0, 0.1) is 6.92 Å². The van der Waals surface area contributed by atoms with E-state index in [0.717, 1.165) is 12.1 Å². The molecule has 1 heterocycles. The molecule has 0 aromatic carbocycles. The normalized spacial score (nSPS) is 14.4. The lowest BCUT2D eigenvalue weighted by molar-refractivity contribution is -0.139. The summed E-state index contributed by atoms with van der Waals surface area (Å²) in [4.78, 5) is 19.5. The summed E-state index contributed by atoms with van der Waals surface area (Å²) in [5, 5.41) is 9.74. The Kier molecular flexibility index (Phi) is 4.29. The molecule has 0 saturated heterocycles. The summed E-state index contributed by atoms with van der Waals surface area (Å²) in [5.74, 6) is -0.815. The third kappa shape index (κ3) is 3.20. The highest BCUT2D eigenvalue weighted by atomic mass is 32.2. The topological polar surface area (TPSA) is 63.1 Å². The van der Waals surface area contributed by atoms with Crippen molar-refractivity contribution in [2.45, 2.75) is 43.5 Å². The Labute approximate surface area is 99.5 Å². The van der Waals surface area contributed by atoms with Gasteiger partial charge in [0, 0.05) is 11.9 Å². The SMILES string of the molecule is CCCC(C)(Sc1nccc(C)n1)C(=O)O. The highest BCUT2D eigenvalue weighted by Crippen LogP contribution is 2.34. The molecule has 0 aliphatic carbocycles. The third-order valence-corrected chi connectivity index (χ3v) is 3.48. The zero-order valence-corrected chi connectivity index (χ0v) is 10.5. The van der Waals surface area contributed by atoms with Crippen LogP contribution in [0.5, 0.6) is 0 Å². The first-order valence-electron chi connectivity index (χ1n) is 5.20. The van der Waals surface area contributed by atoms with Crippen molar-refractivity contribution >= 4 is 17.7 Å². The number of carboxylic acid groups (broad SMARTS) is 1. The molecular formula is C11H16N2O2S. The van der Waals surface area contributed by atoms with Gasteiger partial charge in [0.2, 0.25) is 0 Å². The number of aliphatic carboxylic acids is 1. The summed E-state index contributed by atoms with van der Waals surface area (Å²) in [5.41, 5.74) is 0.849. The van der Waals surface area contributed by atoms with E-state index in [4.69, 9.17) is 0 Å². The van der Waals surface area contributed by atoms with E-state index in [9.17, 15) is 9.90 Å². The maximum Gasteiger partial charge on any atom is 0.319 e. The number of hydrogen-bond acceptors (Lipinski definition) is 4. The molecule has 0 aliphatic rings. The number of aromatic nitrogens is 2. The van der Waals surface area contributed by atoms with Crippen LogP contribution in [0.3, 0.4) is 0 Å². The summed E-state index contributed by atoms with van der Waals surface area (Å²) in [6.45, 7) is 5.55. The lowest BCUT2D eigenvalue weighted by Crippen LogP contribution is -2.31. The first kappa shape index (κ1) is 13.0. The lowest BCUT2D eigenvalue weighted by Gasteiger charge is -2.22. The quantitative estimate of drug-likeness (QED) is 0.633. The Morgan fingerprint density at radius 3 is 2.81 bits per heavy atom. The van der Waals surface area contributed by atoms with Crippen LogP contribution in [-0.4, -0.2) is 25.8 Å².